The van der Waals surface area contributed by atoms with E-state index in [0.717, 1.165) is 64.2 Å². The molecule has 378 valence electrons. The van der Waals surface area contributed by atoms with Crippen LogP contribution in [0.4, 0.5) is 0 Å². The summed E-state index contributed by atoms with van der Waals surface area (Å²) >= 11 is 0. The van der Waals surface area contributed by atoms with Crippen LogP contribution in [-0.4, -0.2) is 75.5 Å². The Morgan fingerprint density at radius 2 is 0.862 bits per heavy atom. The first-order valence-electron chi connectivity index (χ1n) is 27.2. The molecule has 0 heterocycles. The number of ether oxygens (including phenoxy) is 3. The number of carboxylic acid groups (broad SMARTS) is 1. The van der Waals surface area contributed by atoms with E-state index in [1.54, 1.807) is 0 Å². The largest absolute Gasteiger partial charge is 0.544 e. The predicted octanol–water partition coefficient (Wildman–Crippen LogP) is 14.6. The van der Waals surface area contributed by atoms with Gasteiger partial charge in [-0.15, -0.1) is 0 Å². The number of rotatable bonds is 49. The van der Waals surface area contributed by atoms with E-state index >= 15 is 0 Å². The maximum absolute atomic E-state index is 12.8. The van der Waals surface area contributed by atoms with Gasteiger partial charge in [0.25, 0.3) is 0 Å². The van der Waals surface area contributed by atoms with Crippen LogP contribution in [0.2, 0.25) is 0 Å². The average molecular weight is 914 g/mol. The van der Waals surface area contributed by atoms with Gasteiger partial charge < -0.3 is 28.6 Å². The predicted molar refractivity (Wildman–Crippen MR) is 273 cm³/mol. The van der Waals surface area contributed by atoms with E-state index in [-0.39, 0.29) is 42.7 Å². The Morgan fingerprint density at radius 1 is 0.477 bits per heavy atom. The lowest BCUT2D eigenvalue weighted by molar-refractivity contribution is -0.889. The molecule has 65 heavy (non-hydrogen) atoms. The van der Waals surface area contributed by atoms with Crippen LogP contribution in [0.25, 0.3) is 0 Å². The summed E-state index contributed by atoms with van der Waals surface area (Å²) in [5, 5.41) is 11.7. The number of aliphatic carboxylic acids is 1. The van der Waals surface area contributed by atoms with E-state index in [2.05, 4.69) is 62.5 Å². The van der Waals surface area contributed by atoms with Crippen LogP contribution >= 0.6 is 0 Å². The number of carboxylic acids is 1. The first-order chi connectivity index (χ1) is 31.6. The lowest BCUT2D eigenvalue weighted by atomic mass is 10.0. The van der Waals surface area contributed by atoms with Crippen molar-refractivity contribution < 1.29 is 38.2 Å². The van der Waals surface area contributed by atoms with Crippen molar-refractivity contribution in [3.63, 3.8) is 0 Å². The van der Waals surface area contributed by atoms with Gasteiger partial charge in [-0.25, -0.2) is 0 Å². The molecular weight excluding hydrogens is 811 g/mol. The van der Waals surface area contributed by atoms with Crippen molar-refractivity contribution in [2.24, 2.45) is 0 Å². The van der Waals surface area contributed by atoms with E-state index in [1.165, 1.54) is 148 Å². The summed E-state index contributed by atoms with van der Waals surface area (Å²) in [5.41, 5.74) is 0. The monoisotopic (exact) mass is 914 g/mol. The molecule has 2 atom stereocenters. The average Bonchev–Trinajstić information content (AvgIpc) is 3.27. The van der Waals surface area contributed by atoms with Gasteiger partial charge in [-0.2, -0.15) is 0 Å². The SMILES string of the molecule is CC/C=C/C/C=C/C/C=C/C/C=C/CCCCCCCCCCCCC(=O)OCC(COCCC(C(=O)[O-])[N+](C)(C)C)OC(=O)CCCCCCCCCCCCCCCCCCCC. The molecule has 0 radical (unpaired) electrons. The molecule has 0 aliphatic carbocycles. The van der Waals surface area contributed by atoms with Crippen molar-refractivity contribution in [2.45, 2.75) is 257 Å². The van der Waals surface area contributed by atoms with Crippen molar-refractivity contribution in [1.29, 1.82) is 0 Å². The fourth-order valence-corrected chi connectivity index (χ4v) is 8.06. The van der Waals surface area contributed by atoms with Crippen LogP contribution in [0, 0.1) is 0 Å². The molecule has 8 heteroatoms. The van der Waals surface area contributed by atoms with Gasteiger partial charge in [0, 0.05) is 19.3 Å². The number of carbonyl (C=O) groups excluding carboxylic acids is 3. The van der Waals surface area contributed by atoms with Crippen molar-refractivity contribution in [3.8, 4) is 0 Å². The maximum Gasteiger partial charge on any atom is 0.306 e. The van der Waals surface area contributed by atoms with Crippen LogP contribution in [0.15, 0.2) is 48.6 Å². The molecule has 0 aromatic heterocycles. The van der Waals surface area contributed by atoms with E-state index in [9.17, 15) is 19.5 Å². The second-order valence-corrected chi connectivity index (χ2v) is 19.4. The zero-order valence-electron chi connectivity index (χ0n) is 43.2. The van der Waals surface area contributed by atoms with Crippen molar-refractivity contribution in [1.82, 2.24) is 0 Å². The highest BCUT2D eigenvalue weighted by Crippen LogP contribution is 2.16. The number of nitrogens with zero attached hydrogens (tertiary/aromatic N) is 1. The standard InChI is InChI=1S/C57H103NO7/c1-6-8-10-12-14-16-18-20-22-24-26-27-28-29-30-32-33-35-37-39-41-43-45-47-55(59)64-52-53(51-63-50-49-54(57(61)62)58(3,4)5)65-56(60)48-46-44-42-40-38-36-34-31-25-23-21-19-17-15-13-11-9-7-2/h8,10,14,16,20,22,26-27,53-54H,6-7,9,11-13,15,17-19,21,23-25,28-52H2,1-5H3/b10-8+,16-14+,22-20+,27-26+. The summed E-state index contributed by atoms with van der Waals surface area (Å²) < 4.78 is 17.3. The van der Waals surface area contributed by atoms with Crippen LogP contribution in [-0.2, 0) is 28.6 Å². The summed E-state index contributed by atoms with van der Waals surface area (Å²) in [6, 6.07) is -0.726. The van der Waals surface area contributed by atoms with Crippen LogP contribution in [0.1, 0.15) is 245 Å². The maximum atomic E-state index is 12.8. The van der Waals surface area contributed by atoms with E-state index in [4.69, 9.17) is 14.2 Å². The molecule has 0 saturated carbocycles. The minimum atomic E-state index is -1.12. The summed E-state index contributed by atoms with van der Waals surface area (Å²) in [6.45, 7) is 4.58. The second-order valence-electron chi connectivity index (χ2n) is 19.4. The zero-order valence-corrected chi connectivity index (χ0v) is 43.2. The highest BCUT2D eigenvalue weighted by atomic mass is 16.6. The molecule has 0 spiro atoms. The van der Waals surface area contributed by atoms with Crippen LogP contribution < -0.4 is 5.11 Å². The van der Waals surface area contributed by atoms with Gasteiger partial charge in [-0.05, 0) is 51.4 Å². The zero-order chi connectivity index (χ0) is 47.7. The Hall–Kier alpha value is -2.71. The number of likely N-dealkylation sites (N-methyl/N-ethyl adjacent to an activating group) is 1. The summed E-state index contributed by atoms with van der Waals surface area (Å²) in [7, 11) is 5.42. The molecule has 0 amide bonds. The molecule has 0 bridgehead atoms. The summed E-state index contributed by atoms with van der Waals surface area (Å²) in [5.74, 6) is -1.73. The molecule has 0 aliphatic rings. The van der Waals surface area contributed by atoms with Crippen molar-refractivity contribution in [2.75, 3.05) is 41.0 Å². The van der Waals surface area contributed by atoms with Gasteiger partial charge in [0.15, 0.2) is 6.10 Å². The summed E-state index contributed by atoms with van der Waals surface area (Å²) in [4.78, 5) is 37.1. The number of hydrogen-bond donors (Lipinski definition) is 0. The molecule has 0 rings (SSSR count). The van der Waals surface area contributed by atoms with Crippen LogP contribution in [0.3, 0.4) is 0 Å². The molecule has 0 saturated heterocycles. The molecular formula is C57H103NO7. The molecule has 8 nitrogen and oxygen atoms in total. The molecule has 0 fully saturated rings. The number of hydrogen-bond acceptors (Lipinski definition) is 7. The van der Waals surface area contributed by atoms with Gasteiger partial charge in [-0.1, -0.05) is 223 Å². The Kier molecular flexibility index (Phi) is 45.8. The smallest absolute Gasteiger partial charge is 0.306 e. The van der Waals surface area contributed by atoms with E-state index in [1.807, 2.05) is 21.1 Å². The van der Waals surface area contributed by atoms with Crippen LogP contribution in [0.5, 0.6) is 0 Å². The van der Waals surface area contributed by atoms with E-state index < -0.39 is 18.1 Å². The number of allylic oxidation sites excluding steroid dienone is 8. The summed E-state index contributed by atoms with van der Waals surface area (Å²) in [6.07, 6.45) is 58.6. The van der Waals surface area contributed by atoms with Crippen molar-refractivity contribution in [3.05, 3.63) is 48.6 Å². The molecule has 0 aliphatic heterocycles. The molecule has 2 unspecified atom stereocenters. The van der Waals surface area contributed by atoms with Gasteiger partial charge >= 0.3 is 11.9 Å². The lowest BCUT2D eigenvalue weighted by Crippen LogP contribution is -2.55. The van der Waals surface area contributed by atoms with Gasteiger partial charge in [0.05, 0.1) is 40.3 Å². The van der Waals surface area contributed by atoms with Gasteiger partial charge in [-0.3, -0.25) is 9.59 Å². The third kappa shape index (κ3) is 46.2. The molecule has 0 N–H and O–H groups in total. The molecule has 0 aromatic rings. The highest BCUT2D eigenvalue weighted by molar-refractivity contribution is 5.70. The normalized spacial score (nSPS) is 13.2. The highest BCUT2D eigenvalue weighted by Gasteiger charge is 2.25. The first-order valence-corrected chi connectivity index (χ1v) is 27.2. The fourth-order valence-electron chi connectivity index (χ4n) is 8.06. The quantitative estimate of drug-likeness (QED) is 0.0259. The van der Waals surface area contributed by atoms with Gasteiger partial charge in [0.2, 0.25) is 0 Å². The fraction of sp³-hybridized carbons (Fsp3) is 0.807. The Labute approximate surface area is 401 Å². The number of esters is 2. The first kappa shape index (κ1) is 62.3. The second kappa shape index (κ2) is 47.8. The minimum Gasteiger partial charge on any atom is -0.544 e. The number of quaternary nitrogens is 1. The number of carbonyl (C=O) groups is 3. The third-order valence-electron chi connectivity index (χ3n) is 12.2. The third-order valence-corrected chi connectivity index (χ3v) is 12.2. The van der Waals surface area contributed by atoms with Gasteiger partial charge in [0.1, 0.15) is 12.6 Å². The lowest BCUT2D eigenvalue weighted by Gasteiger charge is -2.34. The van der Waals surface area contributed by atoms with E-state index in [0.29, 0.717) is 12.8 Å². The number of unbranched alkanes of at least 4 members (excludes halogenated alkanes) is 27. The Bertz CT molecular complexity index is 1200. The minimum absolute atomic E-state index is 0.0420. The Morgan fingerprint density at radius 3 is 1.28 bits per heavy atom. The topological polar surface area (TPSA) is 102 Å². The molecule has 0 aromatic carbocycles. The Balaban J connectivity index is 4.18. The van der Waals surface area contributed by atoms with Crippen molar-refractivity contribution >= 4 is 17.9 Å².